The fourth-order valence-electron chi connectivity index (χ4n) is 3.58. The lowest BCUT2D eigenvalue weighted by molar-refractivity contribution is 0.798. The zero-order chi connectivity index (χ0) is 20.9. The molecule has 2 aromatic carbocycles. The first-order valence-corrected chi connectivity index (χ1v) is 9.94. The third-order valence-electron chi connectivity index (χ3n) is 5.18. The van der Waals surface area contributed by atoms with Gasteiger partial charge in [0.15, 0.2) is 0 Å². The van der Waals surface area contributed by atoms with Crippen LogP contribution in [-0.2, 0) is 13.0 Å². The monoisotopic (exact) mass is 393 g/mol. The predicted molar refractivity (Wildman–Crippen MR) is 119 cm³/mol. The number of nitrogens with two attached hydrogens (primary N) is 1. The molecule has 5 heteroatoms. The topological polar surface area (TPSA) is 80.5 Å². The zero-order valence-corrected chi connectivity index (χ0v) is 16.9. The minimum Gasteiger partial charge on any atom is -0.332 e. The van der Waals surface area contributed by atoms with Gasteiger partial charge in [0.05, 0.1) is 29.3 Å². The highest BCUT2D eigenvalue weighted by atomic mass is 15.0. The van der Waals surface area contributed by atoms with Gasteiger partial charge in [-0.3, -0.25) is 4.98 Å². The van der Waals surface area contributed by atoms with Crippen LogP contribution in [0.25, 0.3) is 22.5 Å². The summed E-state index contributed by atoms with van der Waals surface area (Å²) in [4.78, 5) is 9.22. The van der Waals surface area contributed by atoms with Crippen molar-refractivity contribution in [2.45, 2.75) is 19.9 Å². The zero-order valence-electron chi connectivity index (χ0n) is 16.9. The van der Waals surface area contributed by atoms with E-state index >= 15 is 0 Å². The maximum absolute atomic E-state index is 9.37. The second-order valence-electron chi connectivity index (χ2n) is 7.32. The van der Waals surface area contributed by atoms with Crippen molar-refractivity contribution in [3.8, 4) is 28.6 Å². The third kappa shape index (κ3) is 4.14. The fraction of sp³-hybridized carbons (Fsp3) is 0.160. The lowest BCUT2D eigenvalue weighted by Gasteiger charge is -2.11. The Hall–Kier alpha value is -3.75. The maximum atomic E-state index is 9.37. The van der Waals surface area contributed by atoms with Crippen molar-refractivity contribution in [3.05, 3.63) is 95.6 Å². The van der Waals surface area contributed by atoms with Crippen molar-refractivity contribution in [1.29, 1.82) is 5.26 Å². The number of nitriles is 1. The lowest BCUT2D eigenvalue weighted by atomic mass is 10.0. The standard InChI is InChI=1S/C25H23N5/c1-18-4-2-3-5-22(18)25-16-30(17-29-25)15-21-12-20(13-27)6-8-23(21)24-9-7-19(10-11-26)14-28-24/h2-9,12,14,16-17H,10-11,15,26H2,1H3. The normalized spacial score (nSPS) is 10.7. The summed E-state index contributed by atoms with van der Waals surface area (Å²) in [6, 6.07) is 20.3. The van der Waals surface area contributed by atoms with Crippen LogP contribution in [0.2, 0.25) is 0 Å². The second kappa shape index (κ2) is 8.73. The molecule has 2 N–H and O–H groups in total. The van der Waals surface area contributed by atoms with Crippen LogP contribution in [0, 0.1) is 18.3 Å². The van der Waals surface area contributed by atoms with Gasteiger partial charge in [0, 0.05) is 30.1 Å². The van der Waals surface area contributed by atoms with E-state index in [-0.39, 0.29) is 0 Å². The number of aryl methyl sites for hydroxylation is 1. The summed E-state index contributed by atoms with van der Waals surface area (Å²) in [5.41, 5.74) is 13.6. The van der Waals surface area contributed by atoms with Gasteiger partial charge in [-0.1, -0.05) is 36.4 Å². The minimum absolute atomic E-state index is 0.604. The number of imidazole rings is 1. The summed E-state index contributed by atoms with van der Waals surface area (Å²) in [5, 5.41) is 9.37. The first kappa shape index (κ1) is 19.6. The molecule has 0 amide bonds. The van der Waals surface area contributed by atoms with Gasteiger partial charge in [0.25, 0.3) is 0 Å². The molecule has 0 aliphatic carbocycles. The molecule has 5 nitrogen and oxygen atoms in total. The number of nitrogens with zero attached hydrogens (tertiary/aromatic N) is 4. The van der Waals surface area contributed by atoms with Crippen molar-refractivity contribution >= 4 is 0 Å². The van der Waals surface area contributed by atoms with Gasteiger partial charge in [-0.15, -0.1) is 0 Å². The fourth-order valence-corrected chi connectivity index (χ4v) is 3.58. The van der Waals surface area contributed by atoms with Crippen LogP contribution in [0.1, 0.15) is 22.3 Å². The Balaban J connectivity index is 1.67. The van der Waals surface area contributed by atoms with E-state index in [2.05, 4.69) is 41.2 Å². The highest BCUT2D eigenvalue weighted by Gasteiger charge is 2.11. The largest absolute Gasteiger partial charge is 0.332 e. The van der Waals surface area contributed by atoms with Gasteiger partial charge < -0.3 is 10.3 Å². The van der Waals surface area contributed by atoms with Crippen molar-refractivity contribution in [3.63, 3.8) is 0 Å². The summed E-state index contributed by atoms with van der Waals surface area (Å²) in [6.45, 7) is 3.30. The molecule has 0 bridgehead atoms. The molecule has 4 aromatic rings. The summed E-state index contributed by atoms with van der Waals surface area (Å²) >= 11 is 0. The molecule has 0 saturated heterocycles. The van der Waals surface area contributed by atoms with E-state index in [0.29, 0.717) is 18.7 Å². The summed E-state index contributed by atoms with van der Waals surface area (Å²) in [6.07, 6.45) is 6.56. The molecule has 30 heavy (non-hydrogen) atoms. The maximum Gasteiger partial charge on any atom is 0.0991 e. The van der Waals surface area contributed by atoms with Gasteiger partial charge in [0.1, 0.15) is 0 Å². The molecular formula is C25H23N5. The Labute approximate surface area is 176 Å². The van der Waals surface area contributed by atoms with Crippen LogP contribution in [0.4, 0.5) is 0 Å². The predicted octanol–water partition coefficient (Wildman–Crippen LogP) is 4.34. The highest BCUT2D eigenvalue weighted by Crippen LogP contribution is 2.26. The van der Waals surface area contributed by atoms with Crippen molar-refractivity contribution < 1.29 is 0 Å². The van der Waals surface area contributed by atoms with Crippen LogP contribution >= 0.6 is 0 Å². The van der Waals surface area contributed by atoms with Gasteiger partial charge in [-0.2, -0.15) is 5.26 Å². The van der Waals surface area contributed by atoms with Gasteiger partial charge in [-0.25, -0.2) is 4.98 Å². The number of rotatable bonds is 6. The van der Waals surface area contributed by atoms with E-state index < -0.39 is 0 Å². The molecule has 2 heterocycles. The van der Waals surface area contributed by atoms with Gasteiger partial charge in [0.2, 0.25) is 0 Å². The molecule has 0 atom stereocenters. The van der Waals surface area contributed by atoms with Crippen LogP contribution < -0.4 is 5.73 Å². The summed E-state index contributed by atoms with van der Waals surface area (Å²) in [5.74, 6) is 0. The Bertz CT molecular complexity index is 1200. The molecule has 0 spiro atoms. The average molecular weight is 393 g/mol. The van der Waals surface area contributed by atoms with Crippen molar-refractivity contribution in [2.24, 2.45) is 5.73 Å². The molecule has 148 valence electrons. The molecule has 0 saturated carbocycles. The lowest BCUT2D eigenvalue weighted by Crippen LogP contribution is -2.03. The molecule has 0 aliphatic heterocycles. The van der Waals surface area contributed by atoms with Crippen LogP contribution in [-0.4, -0.2) is 21.1 Å². The van der Waals surface area contributed by atoms with Crippen molar-refractivity contribution in [1.82, 2.24) is 14.5 Å². The van der Waals surface area contributed by atoms with E-state index in [4.69, 9.17) is 5.73 Å². The van der Waals surface area contributed by atoms with Crippen LogP contribution in [0.5, 0.6) is 0 Å². The number of pyridine rings is 1. The first-order valence-electron chi connectivity index (χ1n) is 9.94. The molecule has 0 aliphatic rings. The Morgan fingerprint density at radius 1 is 1.00 bits per heavy atom. The second-order valence-corrected chi connectivity index (χ2v) is 7.32. The molecule has 0 fully saturated rings. The molecule has 0 unspecified atom stereocenters. The molecule has 4 rings (SSSR count). The van der Waals surface area contributed by atoms with E-state index in [1.165, 1.54) is 5.56 Å². The Morgan fingerprint density at radius 2 is 1.87 bits per heavy atom. The number of aromatic nitrogens is 3. The average Bonchev–Trinajstić information content (AvgIpc) is 3.23. The SMILES string of the molecule is Cc1ccccc1-c1cn(Cc2cc(C#N)ccc2-c2ccc(CCN)cn2)cn1. The van der Waals surface area contributed by atoms with E-state index in [9.17, 15) is 5.26 Å². The third-order valence-corrected chi connectivity index (χ3v) is 5.18. The molecular weight excluding hydrogens is 370 g/mol. The minimum atomic E-state index is 0.604. The first-order chi connectivity index (χ1) is 14.7. The summed E-state index contributed by atoms with van der Waals surface area (Å²) < 4.78 is 2.05. The highest BCUT2D eigenvalue weighted by molar-refractivity contribution is 5.66. The smallest absolute Gasteiger partial charge is 0.0991 e. The van der Waals surface area contributed by atoms with Crippen molar-refractivity contribution in [2.75, 3.05) is 6.54 Å². The van der Waals surface area contributed by atoms with E-state index in [0.717, 1.165) is 40.1 Å². The van der Waals surface area contributed by atoms with Gasteiger partial charge >= 0.3 is 0 Å². The van der Waals surface area contributed by atoms with Crippen LogP contribution in [0.3, 0.4) is 0 Å². The van der Waals surface area contributed by atoms with E-state index in [1.54, 1.807) is 0 Å². The van der Waals surface area contributed by atoms with Crippen LogP contribution in [0.15, 0.2) is 73.3 Å². The molecule has 0 radical (unpaired) electrons. The van der Waals surface area contributed by atoms with E-state index in [1.807, 2.05) is 59.7 Å². The Morgan fingerprint density at radius 3 is 2.60 bits per heavy atom. The quantitative estimate of drug-likeness (QED) is 0.528. The Kier molecular flexibility index (Phi) is 5.69. The number of hydrogen-bond donors (Lipinski definition) is 1. The van der Waals surface area contributed by atoms with Gasteiger partial charge in [-0.05, 0) is 54.8 Å². The summed E-state index contributed by atoms with van der Waals surface area (Å²) in [7, 11) is 0. The number of benzene rings is 2. The molecule has 2 aromatic heterocycles. The number of hydrogen-bond acceptors (Lipinski definition) is 4.